The van der Waals surface area contributed by atoms with E-state index in [1.54, 1.807) is 43.3 Å². The third-order valence-electron chi connectivity index (χ3n) is 5.10. The molecule has 0 unspecified atom stereocenters. The molecule has 1 atom stereocenters. The Morgan fingerprint density at radius 2 is 1.81 bits per heavy atom. The van der Waals surface area contributed by atoms with Crippen LogP contribution in [0.4, 0.5) is 5.69 Å². The van der Waals surface area contributed by atoms with Crippen molar-refractivity contribution in [2.24, 2.45) is 0 Å². The van der Waals surface area contributed by atoms with Crippen LogP contribution >= 0.6 is 11.6 Å². The zero-order valence-corrected chi connectivity index (χ0v) is 20.4. The van der Waals surface area contributed by atoms with E-state index in [-0.39, 0.29) is 31.3 Å². The molecule has 2 aromatic rings. The summed E-state index contributed by atoms with van der Waals surface area (Å²) in [5, 5.41) is 3.12. The molecule has 0 saturated carbocycles. The normalized spacial score (nSPS) is 12.2. The lowest BCUT2D eigenvalue weighted by Gasteiger charge is -2.29. The lowest BCUT2D eigenvalue weighted by atomic mass is 10.1. The van der Waals surface area contributed by atoms with Crippen LogP contribution in [0.25, 0.3) is 0 Å². The quantitative estimate of drug-likeness (QED) is 0.566. The van der Waals surface area contributed by atoms with Crippen LogP contribution < -0.4 is 9.62 Å². The Balaban J connectivity index is 2.14. The Hall–Kier alpha value is -2.58. The van der Waals surface area contributed by atoms with Crippen LogP contribution in [0.3, 0.4) is 0 Å². The van der Waals surface area contributed by atoms with Crippen LogP contribution in [0.2, 0.25) is 5.02 Å². The van der Waals surface area contributed by atoms with Crippen molar-refractivity contribution in [3.05, 3.63) is 64.7 Å². The summed E-state index contributed by atoms with van der Waals surface area (Å²) in [7, 11) is -1.99. The molecule has 0 saturated heterocycles. The van der Waals surface area contributed by atoms with Gasteiger partial charge in [-0.3, -0.25) is 13.9 Å². The number of aryl methyl sites for hydroxylation is 1. The van der Waals surface area contributed by atoms with Crippen molar-refractivity contribution in [2.45, 2.75) is 39.3 Å². The second-order valence-electron chi connectivity index (χ2n) is 7.72. The minimum absolute atomic E-state index is 0.0970. The summed E-state index contributed by atoms with van der Waals surface area (Å²) in [6.45, 7) is 3.94. The summed E-state index contributed by atoms with van der Waals surface area (Å²) >= 11 is 6.06. The molecular formula is C23H30ClN3O4S. The van der Waals surface area contributed by atoms with Crippen LogP contribution in [0.5, 0.6) is 0 Å². The topological polar surface area (TPSA) is 86.8 Å². The van der Waals surface area contributed by atoms with Gasteiger partial charge in [-0.05, 0) is 55.7 Å². The van der Waals surface area contributed by atoms with E-state index >= 15 is 0 Å². The number of carbonyl (C=O) groups excluding carboxylic acids is 2. The molecule has 9 heteroatoms. The zero-order chi connectivity index (χ0) is 23.9. The molecule has 0 radical (unpaired) electrons. The first kappa shape index (κ1) is 25.7. The highest BCUT2D eigenvalue weighted by Gasteiger charge is 2.26. The second-order valence-corrected chi connectivity index (χ2v) is 10.1. The number of nitrogens with one attached hydrogen (secondary N) is 1. The summed E-state index contributed by atoms with van der Waals surface area (Å²) in [6.07, 6.45) is 1.56. The predicted molar refractivity (Wildman–Crippen MR) is 128 cm³/mol. The Morgan fingerprint density at radius 1 is 1.12 bits per heavy atom. The van der Waals surface area contributed by atoms with E-state index < -0.39 is 16.1 Å². The fourth-order valence-electron chi connectivity index (χ4n) is 3.41. The van der Waals surface area contributed by atoms with E-state index in [1.165, 1.54) is 16.3 Å². The average molecular weight is 480 g/mol. The molecule has 2 rings (SSSR count). The zero-order valence-electron chi connectivity index (χ0n) is 18.8. The van der Waals surface area contributed by atoms with Gasteiger partial charge >= 0.3 is 0 Å². The second kappa shape index (κ2) is 11.3. The van der Waals surface area contributed by atoms with Gasteiger partial charge in [0, 0.05) is 31.6 Å². The maximum atomic E-state index is 13.1. The SMILES string of the molecule is CNC(=O)[C@H](C)N(Cc1cccc(Cl)c1)C(=O)CCCN(c1cccc(C)c1)S(C)(=O)=O. The highest BCUT2D eigenvalue weighted by Crippen LogP contribution is 2.20. The molecule has 2 amide bonds. The number of hydrogen-bond donors (Lipinski definition) is 1. The van der Waals surface area contributed by atoms with E-state index in [1.807, 2.05) is 19.1 Å². The van der Waals surface area contributed by atoms with Crippen LogP contribution in [0.1, 0.15) is 30.9 Å². The van der Waals surface area contributed by atoms with Crippen molar-refractivity contribution in [3.63, 3.8) is 0 Å². The van der Waals surface area contributed by atoms with Gasteiger partial charge in [0.25, 0.3) is 0 Å². The van der Waals surface area contributed by atoms with Crippen LogP contribution in [-0.2, 0) is 26.2 Å². The van der Waals surface area contributed by atoms with E-state index in [4.69, 9.17) is 11.6 Å². The molecule has 32 heavy (non-hydrogen) atoms. The van der Waals surface area contributed by atoms with Gasteiger partial charge in [0.1, 0.15) is 6.04 Å². The number of anilines is 1. The van der Waals surface area contributed by atoms with Crippen molar-refractivity contribution < 1.29 is 18.0 Å². The van der Waals surface area contributed by atoms with Gasteiger partial charge in [-0.25, -0.2) is 8.42 Å². The Morgan fingerprint density at radius 3 is 2.41 bits per heavy atom. The lowest BCUT2D eigenvalue weighted by molar-refractivity contribution is -0.140. The molecule has 0 aromatic heterocycles. The smallest absolute Gasteiger partial charge is 0.242 e. The summed E-state index contributed by atoms with van der Waals surface area (Å²) in [5.41, 5.74) is 2.31. The molecule has 174 valence electrons. The summed E-state index contributed by atoms with van der Waals surface area (Å²) < 4.78 is 26.0. The number of sulfonamides is 1. The number of nitrogens with zero attached hydrogens (tertiary/aromatic N) is 2. The first-order chi connectivity index (χ1) is 15.0. The molecule has 0 aliphatic carbocycles. The van der Waals surface area contributed by atoms with Gasteiger partial charge in [-0.1, -0.05) is 35.9 Å². The average Bonchev–Trinajstić information content (AvgIpc) is 2.73. The van der Waals surface area contributed by atoms with Crippen molar-refractivity contribution in [3.8, 4) is 0 Å². The minimum atomic E-state index is -3.51. The Labute approximate surface area is 195 Å². The first-order valence-corrected chi connectivity index (χ1v) is 12.6. The number of halogens is 1. The molecule has 7 nitrogen and oxygen atoms in total. The lowest BCUT2D eigenvalue weighted by Crippen LogP contribution is -2.46. The number of rotatable bonds is 10. The van der Waals surface area contributed by atoms with Gasteiger partial charge < -0.3 is 10.2 Å². The fraction of sp³-hybridized carbons (Fsp3) is 0.391. The van der Waals surface area contributed by atoms with Gasteiger partial charge in [0.05, 0.1) is 11.9 Å². The van der Waals surface area contributed by atoms with Crippen molar-refractivity contribution >= 4 is 39.1 Å². The van der Waals surface area contributed by atoms with Gasteiger partial charge in [-0.15, -0.1) is 0 Å². The van der Waals surface area contributed by atoms with Gasteiger partial charge in [-0.2, -0.15) is 0 Å². The van der Waals surface area contributed by atoms with Crippen LogP contribution in [0, 0.1) is 6.92 Å². The predicted octanol–water partition coefficient (Wildman–Crippen LogP) is 3.36. The molecular weight excluding hydrogens is 450 g/mol. The molecule has 0 aliphatic heterocycles. The standard InChI is InChI=1S/C23H30ClN3O4S/c1-17-8-5-11-21(14-17)27(32(4,30)31)13-7-12-22(28)26(18(2)23(29)25-3)16-19-9-6-10-20(24)15-19/h5-6,8-11,14-15,18H,7,12-13,16H2,1-4H3,(H,25,29)/t18-/m0/s1. The molecule has 0 spiro atoms. The highest BCUT2D eigenvalue weighted by molar-refractivity contribution is 7.92. The third kappa shape index (κ3) is 7.24. The van der Waals surface area contributed by atoms with E-state index in [2.05, 4.69) is 5.32 Å². The fourth-order valence-corrected chi connectivity index (χ4v) is 4.58. The van der Waals surface area contributed by atoms with E-state index in [9.17, 15) is 18.0 Å². The van der Waals surface area contributed by atoms with Gasteiger partial charge in [0.2, 0.25) is 21.8 Å². The maximum absolute atomic E-state index is 13.1. The maximum Gasteiger partial charge on any atom is 0.242 e. The highest BCUT2D eigenvalue weighted by atomic mass is 35.5. The van der Waals surface area contributed by atoms with Crippen molar-refractivity contribution in [1.29, 1.82) is 0 Å². The molecule has 1 N–H and O–H groups in total. The largest absolute Gasteiger partial charge is 0.357 e. The Kier molecular flexibility index (Phi) is 9.09. The molecule has 0 aliphatic rings. The van der Waals surface area contributed by atoms with Crippen LogP contribution in [0.15, 0.2) is 48.5 Å². The number of likely N-dealkylation sites (N-methyl/N-ethyl adjacent to an activating group) is 1. The summed E-state index contributed by atoms with van der Waals surface area (Å²) in [5.74, 6) is -0.517. The van der Waals surface area contributed by atoms with Crippen molar-refractivity contribution in [2.75, 3.05) is 24.2 Å². The number of carbonyl (C=O) groups is 2. The molecule has 0 heterocycles. The monoisotopic (exact) mass is 479 g/mol. The van der Waals surface area contributed by atoms with Crippen LogP contribution in [-0.4, -0.2) is 51.0 Å². The Bertz CT molecular complexity index is 1060. The molecule has 0 bridgehead atoms. The number of hydrogen-bond acceptors (Lipinski definition) is 4. The van der Waals surface area contributed by atoms with E-state index in [0.717, 1.165) is 17.4 Å². The van der Waals surface area contributed by atoms with Gasteiger partial charge in [0.15, 0.2) is 0 Å². The molecule has 0 fully saturated rings. The third-order valence-corrected chi connectivity index (χ3v) is 6.53. The summed E-state index contributed by atoms with van der Waals surface area (Å²) in [6, 6.07) is 13.6. The number of amides is 2. The first-order valence-electron chi connectivity index (χ1n) is 10.3. The molecule has 2 aromatic carbocycles. The van der Waals surface area contributed by atoms with Crippen molar-refractivity contribution in [1.82, 2.24) is 10.2 Å². The van der Waals surface area contributed by atoms with E-state index in [0.29, 0.717) is 17.1 Å². The minimum Gasteiger partial charge on any atom is -0.357 e. The number of benzene rings is 2. The summed E-state index contributed by atoms with van der Waals surface area (Å²) in [4.78, 5) is 26.8.